The highest BCUT2D eigenvalue weighted by molar-refractivity contribution is 7.09. The zero-order valence-corrected chi connectivity index (χ0v) is 10.2. The number of halogens is 1. The lowest BCUT2D eigenvalue weighted by Crippen LogP contribution is -2.28. The van der Waals surface area contributed by atoms with Crippen molar-refractivity contribution >= 4 is 11.3 Å². The summed E-state index contributed by atoms with van der Waals surface area (Å²) in [4.78, 5) is 1.34. The third-order valence-corrected chi connectivity index (χ3v) is 3.67. The molecule has 0 amide bonds. The lowest BCUT2D eigenvalue weighted by Gasteiger charge is -2.15. The fraction of sp³-hybridized carbons (Fsp3) is 0.231. The van der Waals surface area contributed by atoms with Gasteiger partial charge < -0.3 is 0 Å². The summed E-state index contributed by atoms with van der Waals surface area (Å²) in [6.07, 6.45) is 1.88. The van der Waals surface area contributed by atoms with Gasteiger partial charge in [-0.3, -0.25) is 11.3 Å². The monoisotopic (exact) mass is 250 g/mol. The van der Waals surface area contributed by atoms with Crippen LogP contribution in [0.4, 0.5) is 4.39 Å². The van der Waals surface area contributed by atoms with Crippen LogP contribution < -0.4 is 11.3 Å². The molecule has 0 aliphatic carbocycles. The first-order valence-corrected chi connectivity index (χ1v) is 6.41. The SMILES string of the molecule is NNC(CCc1cccs1)c1ccc(F)cc1. The Hall–Kier alpha value is -1.23. The lowest BCUT2D eigenvalue weighted by atomic mass is 10.0. The van der Waals surface area contributed by atoms with Gasteiger partial charge in [0, 0.05) is 10.9 Å². The van der Waals surface area contributed by atoms with Gasteiger partial charge in [0.25, 0.3) is 0 Å². The maximum absolute atomic E-state index is 12.8. The molecule has 0 spiro atoms. The molecule has 1 aromatic carbocycles. The number of nitrogens with two attached hydrogens (primary N) is 1. The van der Waals surface area contributed by atoms with E-state index in [1.165, 1.54) is 17.0 Å². The summed E-state index contributed by atoms with van der Waals surface area (Å²) in [7, 11) is 0. The van der Waals surface area contributed by atoms with E-state index in [0.717, 1.165) is 18.4 Å². The van der Waals surface area contributed by atoms with Crippen LogP contribution >= 0.6 is 11.3 Å². The first-order chi connectivity index (χ1) is 8.29. The Balaban J connectivity index is 1.99. The van der Waals surface area contributed by atoms with Crippen LogP contribution in [0.25, 0.3) is 0 Å². The van der Waals surface area contributed by atoms with E-state index in [-0.39, 0.29) is 11.9 Å². The lowest BCUT2D eigenvalue weighted by molar-refractivity contribution is 0.516. The van der Waals surface area contributed by atoms with E-state index in [4.69, 9.17) is 5.84 Å². The molecule has 0 saturated heterocycles. The number of benzene rings is 1. The molecule has 17 heavy (non-hydrogen) atoms. The van der Waals surface area contributed by atoms with Gasteiger partial charge in [-0.25, -0.2) is 4.39 Å². The highest BCUT2D eigenvalue weighted by Gasteiger charge is 2.09. The molecule has 1 aromatic heterocycles. The molecule has 0 saturated carbocycles. The van der Waals surface area contributed by atoms with Crippen LogP contribution in [0.5, 0.6) is 0 Å². The molecule has 2 nitrogen and oxygen atoms in total. The van der Waals surface area contributed by atoms with Crippen LogP contribution in [0.3, 0.4) is 0 Å². The Bertz CT molecular complexity index is 439. The standard InChI is InChI=1S/C13H15FN2S/c14-11-5-3-10(4-6-11)13(16-15)8-7-12-2-1-9-17-12/h1-6,9,13,16H,7-8,15H2. The molecular weight excluding hydrogens is 235 g/mol. The average molecular weight is 250 g/mol. The zero-order chi connectivity index (χ0) is 12.1. The topological polar surface area (TPSA) is 38.0 Å². The second kappa shape index (κ2) is 5.91. The molecule has 0 aliphatic heterocycles. The number of aryl methyl sites for hydroxylation is 1. The summed E-state index contributed by atoms with van der Waals surface area (Å²) in [5.74, 6) is 5.32. The van der Waals surface area contributed by atoms with Crippen molar-refractivity contribution in [2.75, 3.05) is 0 Å². The molecular formula is C13H15FN2S. The van der Waals surface area contributed by atoms with Crippen LogP contribution in [-0.4, -0.2) is 0 Å². The predicted octanol–water partition coefficient (Wildman–Crippen LogP) is 3.02. The van der Waals surface area contributed by atoms with Crippen LogP contribution in [0.2, 0.25) is 0 Å². The van der Waals surface area contributed by atoms with Gasteiger partial charge in [-0.15, -0.1) is 11.3 Å². The minimum atomic E-state index is -0.220. The van der Waals surface area contributed by atoms with Gasteiger partial charge in [0.2, 0.25) is 0 Å². The molecule has 90 valence electrons. The van der Waals surface area contributed by atoms with Crippen molar-refractivity contribution in [3.8, 4) is 0 Å². The van der Waals surface area contributed by atoms with E-state index in [1.54, 1.807) is 23.5 Å². The van der Waals surface area contributed by atoms with E-state index in [0.29, 0.717) is 0 Å². The first-order valence-electron chi connectivity index (χ1n) is 5.53. The number of thiophene rings is 1. The molecule has 2 rings (SSSR count). The number of hydrogen-bond donors (Lipinski definition) is 2. The third kappa shape index (κ3) is 3.36. The zero-order valence-electron chi connectivity index (χ0n) is 9.40. The molecule has 0 fully saturated rings. The molecule has 1 unspecified atom stereocenters. The predicted molar refractivity (Wildman–Crippen MR) is 69.1 cm³/mol. The van der Waals surface area contributed by atoms with Crippen molar-refractivity contribution in [1.29, 1.82) is 0 Å². The fourth-order valence-electron chi connectivity index (χ4n) is 1.78. The quantitative estimate of drug-likeness (QED) is 0.632. The molecule has 2 aromatic rings. The average Bonchev–Trinajstić information content (AvgIpc) is 2.85. The van der Waals surface area contributed by atoms with Crippen molar-refractivity contribution in [2.45, 2.75) is 18.9 Å². The molecule has 0 aliphatic rings. The molecule has 1 heterocycles. The van der Waals surface area contributed by atoms with E-state index in [2.05, 4.69) is 16.9 Å². The summed E-state index contributed by atoms with van der Waals surface area (Å²) in [5, 5.41) is 2.07. The van der Waals surface area contributed by atoms with Crippen LogP contribution in [-0.2, 0) is 6.42 Å². The third-order valence-electron chi connectivity index (χ3n) is 2.73. The van der Waals surface area contributed by atoms with E-state index < -0.39 is 0 Å². The Morgan fingerprint density at radius 1 is 1.24 bits per heavy atom. The summed E-state index contributed by atoms with van der Waals surface area (Å²) < 4.78 is 12.8. The summed E-state index contributed by atoms with van der Waals surface area (Å²) in [6.45, 7) is 0. The van der Waals surface area contributed by atoms with Crippen LogP contribution in [0, 0.1) is 5.82 Å². The van der Waals surface area contributed by atoms with Crippen molar-refractivity contribution in [3.05, 3.63) is 58.0 Å². The van der Waals surface area contributed by atoms with Gasteiger partial charge in [-0.2, -0.15) is 0 Å². The van der Waals surface area contributed by atoms with Crippen molar-refractivity contribution in [2.24, 2.45) is 5.84 Å². The van der Waals surface area contributed by atoms with Crippen LogP contribution in [0.1, 0.15) is 22.9 Å². The number of hydrazine groups is 1. The van der Waals surface area contributed by atoms with Gasteiger partial charge in [0.15, 0.2) is 0 Å². The van der Waals surface area contributed by atoms with Crippen molar-refractivity contribution in [1.82, 2.24) is 5.43 Å². The molecule has 3 N–H and O–H groups in total. The molecule has 0 bridgehead atoms. The Labute approximate surface area is 104 Å². The highest BCUT2D eigenvalue weighted by Crippen LogP contribution is 2.20. The summed E-state index contributed by atoms with van der Waals surface area (Å²) in [5.41, 5.74) is 3.80. The minimum Gasteiger partial charge on any atom is -0.271 e. The van der Waals surface area contributed by atoms with Gasteiger partial charge in [-0.1, -0.05) is 18.2 Å². The maximum Gasteiger partial charge on any atom is 0.123 e. The fourth-order valence-corrected chi connectivity index (χ4v) is 2.51. The second-order valence-corrected chi connectivity index (χ2v) is 4.92. The van der Waals surface area contributed by atoms with Gasteiger partial charge in [0.05, 0.1) is 0 Å². The highest BCUT2D eigenvalue weighted by atomic mass is 32.1. The van der Waals surface area contributed by atoms with Crippen molar-refractivity contribution < 1.29 is 4.39 Å². The molecule has 4 heteroatoms. The maximum atomic E-state index is 12.8. The number of hydrogen-bond acceptors (Lipinski definition) is 3. The van der Waals surface area contributed by atoms with E-state index in [9.17, 15) is 4.39 Å². The van der Waals surface area contributed by atoms with Gasteiger partial charge in [-0.05, 0) is 42.0 Å². The normalized spacial score (nSPS) is 12.6. The Kier molecular flexibility index (Phi) is 4.25. The van der Waals surface area contributed by atoms with E-state index in [1.807, 2.05) is 6.07 Å². The smallest absolute Gasteiger partial charge is 0.123 e. The number of rotatable bonds is 5. The Morgan fingerprint density at radius 2 is 2.00 bits per heavy atom. The number of nitrogens with one attached hydrogen (secondary N) is 1. The summed E-state index contributed by atoms with van der Waals surface area (Å²) in [6, 6.07) is 10.7. The van der Waals surface area contributed by atoms with Crippen molar-refractivity contribution in [3.63, 3.8) is 0 Å². The minimum absolute atomic E-state index is 0.0673. The Morgan fingerprint density at radius 3 is 2.59 bits per heavy atom. The van der Waals surface area contributed by atoms with Gasteiger partial charge >= 0.3 is 0 Å². The molecule has 0 radical (unpaired) electrons. The largest absolute Gasteiger partial charge is 0.271 e. The first kappa shape index (κ1) is 12.2. The second-order valence-electron chi connectivity index (χ2n) is 3.89. The van der Waals surface area contributed by atoms with E-state index >= 15 is 0 Å². The van der Waals surface area contributed by atoms with Crippen LogP contribution in [0.15, 0.2) is 41.8 Å². The van der Waals surface area contributed by atoms with Gasteiger partial charge in [0.1, 0.15) is 5.82 Å². The summed E-state index contributed by atoms with van der Waals surface area (Å²) >= 11 is 1.74. The molecule has 1 atom stereocenters.